The second kappa shape index (κ2) is 12.9. The number of pyridine rings is 3. The Morgan fingerprint density at radius 3 is 1.76 bits per heavy atom. The number of aryl methyl sites for hydroxylation is 1. The summed E-state index contributed by atoms with van der Waals surface area (Å²) in [6.45, 7) is 2.15. The molecule has 5 aromatic carbocycles. The summed E-state index contributed by atoms with van der Waals surface area (Å²) in [5.74, 6) is 0.667. The maximum atomic E-state index is 5.19. The van der Waals surface area contributed by atoms with Gasteiger partial charge in [0, 0.05) is 39.2 Å². The molecule has 0 aliphatic rings. The molecule has 0 amide bonds. The molecule has 4 aromatic heterocycles. The van der Waals surface area contributed by atoms with Crippen LogP contribution in [0, 0.1) is 6.92 Å². The standard InChI is InChI=1S/C46H31N5/c1-30-27-41(32-11-4-2-5-12-32)49-45-38(30)24-22-34-23-25-39(48-44(34)45)33-20-18-31(19-21-33)36-15-10-16-37(28-36)42-29-43(40-17-8-9-26-47-40)51-46(50-42)35-13-6-3-7-14-35/h2-29H,1H3. The molecule has 240 valence electrons. The number of nitrogens with zero attached hydrogens (tertiary/aromatic N) is 5. The fraction of sp³-hybridized carbons (Fsp3) is 0.0217. The Kier molecular flexibility index (Phi) is 7.63. The van der Waals surface area contributed by atoms with E-state index in [1.54, 1.807) is 6.20 Å². The third-order valence-electron chi connectivity index (χ3n) is 9.27. The molecule has 0 saturated carbocycles. The highest BCUT2D eigenvalue weighted by Gasteiger charge is 2.14. The Bertz CT molecular complexity index is 2620. The molecule has 0 aliphatic carbocycles. The quantitative estimate of drug-likeness (QED) is 0.167. The Labute approximate surface area is 296 Å². The van der Waals surface area contributed by atoms with Gasteiger partial charge in [-0.05, 0) is 60.0 Å². The first-order valence-electron chi connectivity index (χ1n) is 17.0. The molecule has 5 heteroatoms. The first-order chi connectivity index (χ1) is 25.2. The molecule has 9 rings (SSSR count). The average molecular weight is 654 g/mol. The lowest BCUT2D eigenvalue weighted by Crippen LogP contribution is -1.97. The summed E-state index contributed by atoms with van der Waals surface area (Å²) in [7, 11) is 0. The van der Waals surface area contributed by atoms with E-state index in [1.165, 1.54) is 5.56 Å². The average Bonchev–Trinajstić information content (AvgIpc) is 3.21. The van der Waals surface area contributed by atoms with Crippen molar-refractivity contribution in [3.63, 3.8) is 0 Å². The molecule has 0 atom stereocenters. The minimum absolute atomic E-state index is 0.667. The predicted octanol–water partition coefficient (Wildman–Crippen LogP) is 11.3. The zero-order valence-electron chi connectivity index (χ0n) is 27.9. The van der Waals surface area contributed by atoms with Gasteiger partial charge in [-0.25, -0.2) is 19.9 Å². The summed E-state index contributed by atoms with van der Waals surface area (Å²) in [5.41, 5.74) is 13.6. The molecular weight excluding hydrogens is 623 g/mol. The van der Waals surface area contributed by atoms with Crippen LogP contribution in [0.3, 0.4) is 0 Å². The van der Waals surface area contributed by atoms with Gasteiger partial charge in [-0.1, -0.05) is 127 Å². The first kappa shape index (κ1) is 30.2. The summed E-state index contributed by atoms with van der Waals surface area (Å²) >= 11 is 0. The van der Waals surface area contributed by atoms with Crippen LogP contribution in [0.25, 0.3) is 89.5 Å². The Hall–Kier alpha value is -6.85. The van der Waals surface area contributed by atoms with Gasteiger partial charge in [0.1, 0.15) is 0 Å². The number of hydrogen-bond acceptors (Lipinski definition) is 5. The van der Waals surface area contributed by atoms with Gasteiger partial charge in [0.25, 0.3) is 0 Å². The Morgan fingerprint density at radius 2 is 0.980 bits per heavy atom. The minimum Gasteiger partial charge on any atom is -0.255 e. The van der Waals surface area contributed by atoms with Gasteiger partial charge in [-0.15, -0.1) is 0 Å². The van der Waals surface area contributed by atoms with E-state index >= 15 is 0 Å². The van der Waals surface area contributed by atoms with Gasteiger partial charge in [-0.2, -0.15) is 0 Å². The molecule has 0 N–H and O–H groups in total. The maximum absolute atomic E-state index is 5.19. The topological polar surface area (TPSA) is 64.5 Å². The van der Waals surface area contributed by atoms with E-state index in [2.05, 4.69) is 103 Å². The van der Waals surface area contributed by atoms with Crippen LogP contribution in [-0.2, 0) is 0 Å². The van der Waals surface area contributed by atoms with Crippen molar-refractivity contribution in [2.45, 2.75) is 6.92 Å². The molecule has 4 heterocycles. The smallest absolute Gasteiger partial charge is 0.160 e. The third-order valence-corrected chi connectivity index (χ3v) is 9.27. The van der Waals surface area contributed by atoms with E-state index in [9.17, 15) is 0 Å². The van der Waals surface area contributed by atoms with Crippen molar-refractivity contribution in [1.29, 1.82) is 0 Å². The lowest BCUT2D eigenvalue weighted by atomic mass is 9.99. The van der Waals surface area contributed by atoms with Crippen molar-refractivity contribution < 1.29 is 0 Å². The number of benzene rings is 5. The van der Waals surface area contributed by atoms with E-state index in [-0.39, 0.29) is 0 Å². The van der Waals surface area contributed by atoms with Gasteiger partial charge >= 0.3 is 0 Å². The second-order valence-corrected chi connectivity index (χ2v) is 12.6. The van der Waals surface area contributed by atoms with Crippen LogP contribution >= 0.6 is 0 Å². The SMILES string of the molecule is Cc1cc(-c2ccccc2)nc2c1ccc1ccc(-c3ccc(-c4cccc(-c5cc(-c6ccccn6)nc(-c6ccccc6)n5)c4)cc3)nc12. The Balaban J connectivity index is 1.07. The normalized spacial score (nSPS) is 11.2. The van der Waals surface area contributed by atoms with Gasteiger partial charge < -0.3 is 0 Å². The maximum Gasteiger partial charge on any atom is 0.160 e. The zero-order chi connectivity index (χ0) is 34.1. The molecular formula is C46H31N5. The first-order valence-corrected chi connectivity index (χ1v) is 17.0. The lowest BCUT2D eigenvalue weighted by Gasteiger charge is -2.11. The van der Waals surface area contributed by atoms with E-state index in [1.807, 2.05) is 72.8 Å². The van der Waals surface area contributed by atoms with Gasteiger partial charge in [-0.3, -0.25) is 4.98 Å². The van der Waals surface area contributed by atoms with Crippen molar-refractivity contribution in [3.05, 3.63) is 176 Å². The molecule has 5 nitrogen and oxygen atoms in total. The van der Waals surface area contributed by atoms with Gasteiger partial charge in [0.05, 0.1) is 39.5 Å². The molecule has 9 aromatic rings. The monoisotopic (exact) mass is 653 g/mol. The zero-order valence-corrected chi connectivity index (χ0v) is 27.9. The van der Waals surface area contributed by atoms with Gasteiger partial charge in [0.2, 0.25) is 0 Å². The van der Waals surface area contributed by atoms with Crippen LogP contribution in [-0.4, -0.2) is 24.9 Å². The molecule has 0 radical (unpaired) electrons. The van der Waals surface area contributed by atoms with Crippen molar-refractivity contribution in [2.75, 3.05) is 0 Å². The molecule has 0 fully saturated rings. The summed E-state index contributed by atoms with van der Waals surface area (Å²) < 4.78 is 0. The molecule has 0 bridgehead atoms. The van der Waals surface area contributed by atoms with Crippen LogP contribution in [0.15, 0.2) is 170 Å². The molecule has 0 unspecified atom stereocenters. The predicted molar refractivity (Wildman–Crippen MR) is 208 cm³/mol. The largest absolute Gasteiger partial charge is 0.255 e. The highest BCUT2D eigenvalue weighted by Crippen LogP contribution is 2.33. The lowest BCUT2D eigenvalue weighted by molar-refractivity contribution is 1.16. The fourth-order valence-electron chi connectivity index (χ4n) is 6.61. The van der Waals surface area contributed by atoms with Crippen molar-refractivity contribution in [1.82, 2.24) is 24.9 Å². The number of rotatable bonds is 6. The van der Waals surface area contributed by atoms with Gasteiger partial charge in [0.15, 0.2) is 5.82 Å². The van der Waals surface area contributed by atoms with Crippen LogP contribution in [0.4, 0.5) is 0 Å². The van der Waals surface area contributed by atoms with Crippen molar-refractivity contribution >= 4 is 21.8 Å². The molecule has 0 spiro atoms. The van der Waals surface area contributed by atoms with E-state index in [0.29, 0.717) is 5.82 Å². The highest BCUT2D eigenvalue weighted by atomic mass is 14.9. The summed E-state index contributed by atoms with van der Waals surface area (Å²) in [5, 5.41) is 2.19. The number of fused-ring (bicyclic) bond motifs is 3. The summed E-state index contributed by atoms with van der Waals surface area (Å²) in [6.07, 6.45) is 1.79. The number of hydrogen-bond donors (Lipinski definition) is 0. The third kappa shape index (κ3) is 5.91. The van der Waals surface area contributed by atoms with Crippen LogP contribution in [0.5, 0.6) is 0 Å². The summed E-state index contributed by atoms with van der Waals surface area (Å²) in [4.78, 5) is 24.8. The second-order valence-electron chi connectivity index (χ2n) is 12.6. The van der Waals surface area contributed by atoms with Crippen molar-refractivity contribution in [2.24, 2.45) is 0 Å². The fourth-order valence-corrected chi connectivity index (χ4v) is 6.61. The molecule has 0 saturated heterocycles. The molecule has 51 heavy (non-hydrogen) atoms. The van der Waals surface area contributed by atoms with E-state index < -0.39 is 0 Å². The molecule has 0 aliphatic heterocycles. The number of aromatic nitrogens is 5. The minimum atomic E-state index is 0.667. The van der Waals surface area contributed by atoms with E-state index in [0.717, 1.165) is 83.7 Å². The summed E-state index contributed by atoms with van der Waals surface area (Å²) in [6, 6.07) is 56.1. The van der Waals surface area contributed by atoms with Crippen molar-refractivity contribution in [3.8, 4) is 67.7 Å². The van der Waals surface area contributed by atoms with Crippen LogP contribution < -0.4 is 0 Å². The Morgan fingerprint density at radius 1 is 0.353 bits per heavy atom. The van der Waals surface area contributed by atoms with Crippen LogP contribution in [0.2, 0.25) is 0 Å². The highest BCUT2D eigenvalue weighted by molar-refractivity contribution is 6.05. The van der Waals surface area contributed by atoms with Crippen LogP contribution in [0.1, 0.15) is 5.56 Å². The van der Waals surface area contributed by atoms with E-state index in [4.69, 9.17) is 19.9 Å².